The maximum atomic E-state index is 13.3. The first-order valence-electron chi connectivity index (χ1n) is 14.9. The summed E-state index contributed by atoms with van der Waals surface area (Å²) in [6.07, 6.45) is 1.15. The van der Waals surface area contributed by atoms with Crippen LogP contribution in [0.1, 0.15) is 111 Å². The Balaban J connectivity index is 1.92. The van der Waals surface area contributed by atoms with E-state index in [9.17, 15) is 41.7 Å². The summed E-state index contributed by atoms with van der Waals surface area (Å²) in [7, 11) is 0. The monoisotopic (exact) mass is 592 g/mol. The van der Waals surface area contributed by atoms with Gasteiger partial charge in [-0.1, -0.05) is 49.5 Å². The second-order valence-corrected chi connectivity index (χ2v) is 13.9. The Bertz CT molecular complexity index is 1030. The summed E-state index contributed by atoms with van der Waals surface area (Å²) in [5.41, 5.74) is -4.41. The van der Waals surface area contributed by atoms with Crippen LogP contribution < -0.4 is 0 Å². The van der Waals surface area contributed by atoms with E-state index in [0.29, 0.717) is 25.7 Å². The number of rotatable bonds is 7. The van der Waals surface area contributed by atoms with Gasteiger partial charge in [0.15, 0.2) is 0 Å². The number of halogens is 6. The lowest BCUT2D eigenvalue weighted by Crippen LogP contribution is -2.55. The minimum Gasteiger partial charge on any atom is -0.393 e. The largest absolute Gasteiger partial charge is 0.438 e. The fourth-order valence-corrected chi connectivity index (χ4v) is 7.82. The van der Waals surface area contributed by atoms with E-state index in [1.54, 1.807) is 13.8 Å². The predicted molar refractivity (Wildman–Crippen MR) is 147 cm³/mol. The van der Waals surface area contributed by atoms with Crippen molar-refractivity contribution in [2.45, 2.75) is 141 Å². The zero-order valence-corrected chi connectivity index (χ0v) is 24.7. The van der Waals surface area contributed by atoms with Gasteiger partial charge < -0.3 is 15.3 Å². The molecule has 0 amide bonds. The van der Waals surface area contributed by atoms with E-state index in [0.717, 1.165) is 51.4 Å². The molecule has 2 unspecified atom stereocenters. The molecule has 0 aromatic heterocycles. The first-order valence-corrected chi connectivity index (χ1v) is 14.9. The summed E-state index contributed by atoms with van der Waals surface area (Å²) in [5, 5.41) is 29.9. The summed E-state index contributed by atoms with van der Waals surface area (Å²) in [4.78, 5) is 0. The summed E-state index contributed by atoms with van der Waals surface area (Å²) in [6.45, 7) is 7.43. The average Bonchev–Trinajstić information content (AvgIpc) is 3.18. The number of fused-ring (bicyclic) bond motifs is 1. The molecule has 5 atom stereocenters. The number of hydrogen-bond donors (Lipinski definition) is 3. The summed E-state index contributed by atoms with van der Waals surface area (Å²) in [6, 6.07) is 0. The molecule has 0 aromatic carbocycles. The van der Waals surface area contributed by atoms with Crippen molar-refractivity contribution in [2.24, 2.45) is 22.7 Å². The van der Waals surface area contributed by atoms with E-state index in [1.807, 2.05) is 6.92 Å². The molecule has 0 aliphatic heterocycles. The van der Waals surface area contributed by atoms with Gasteiger partial charge in [-0.3, -0.25) is 0 Å². The summed E-state index contributed by atoms with van der Waals surface area (Å²) in [5.74, 6) is 3.57. The van der Waals surface area contributed by atoms with E-state index in [1.165, 1.54) is 17.1 Å². The molecule has 3 aliphatic rings. The van der Waals surface area contributed by atoms with E-state index in [-0.39, 0.29) is 29.8 Å². The van der Waals surface area contributed by atoms with E-state index in [4.69, 9.17) is 0 Å². The summed E-state index contributed by atoms with van der Waals surface area (Å²) >= 11 is 0. The Labute approximate surface area is 240 Å². The lowest BCUT2D eigenvalue weighted by Gasteiger charge is -2.49. The van der Waals surface area contributed by atoms with Crippen molar-refractivity contribution < 1.29 is 41.7 Å². The van der Waals surface area contributed by atoms with Crippen LogP contribution in [-0.2, 0) is 0 Å². The van der Waals surface area contributed by atoms with E-state index >= 15 is 0 Å². The second-order valence-electron chi connectivity index (χ2n) is 13.9. The lowest BCUT2D eigenvalue weighted by molar-refractivity contribution is -0.343. The van der Waals surface area contributed by atoms with Gasteiger partial charge in [-0.05, 0) is 113 Å². The molecule has 3 fully saturated rings. The van der Waals surface area contributed by atoms with Crippen molar-refractivity contribution in [3.63, 3.8) is 0 Å². The number of allylic oxidation sites excluding steroid dienone is 3. The first kappa shape index (κ1) is 34.0. The Morgan fingerprint density at radius 1 is 0.902 bits per heavy atom. The van der Waals surface area contributed by atoms with Crippen molar-refractivity contribution in [2.75, 3.05) is 0 Å². The van der Waals surface area contributed by atoms with Crippen LogP contribution >= 0.6 is 0 Å². The van der Waals surface area contributed by atoms with Gasteiger partial charge in [-0.2, -0.15) is 26.3 Å². The normalized spacial score (nSPS) is 31.5. The van der Waals surface area contributed by atoms with E-state index in [2.05, 4.69) is 25.0 Å². The van der Waals surface area contributed by atoms with Crippen molar-refractivity contribution in [1.29, 1.82) is 0 Å². The summed E-state index contributed by atoms with van der Waals surface area (Å²) < 4.78 is 79.7. The third kappa shape index (κ3) is 7.72. The molecule has 3 rings (SSSR count). The van der Waals surface area contributed by atoms with Gasteiger partial charge >= 0.3 is 18.0 Å². The number of aliphatic hydroxyl groups excluding tert-OH is 1. The molecule has 0 spiro atoms. The van der Waals surface area contributed by atoms with Gasteiger partial charge in [0.05, 0.1) is 11.7 Å². The van der Waals surface area contributed by atoms with Crippen LogP contribution in [0.4, 0.5) is 26.3 Å². The lowest BCUT2D eigenvalue weighted by atomic mass is 9.55. The Morgan fingerprint density at radius 2 is 1.56 bits per heavy atom. The molecule has 3 saturated carbocycles. The SMILES string of the molecule is CC(C)(O)CCC[C@@](C)(CC#CC(O)(C(F)(F)F)C(F)(F)F)C1CCC2/C(=C/C=C3/CCC[C@H](O)C3)CCC[C@@]21C. The molecule has 0 radical (unpaired) electrons. The van der Waals surface area contributed by atoms with Crippen LogP contribution in [0.15, 0.2) is 23.3 Å². The van der Waals surface area contributed by atoms with Crippen LogP contribution in [0.25, 0.3) is 0 Å². The average molecular weight is 593 g/mol. The highest BCUT2D eigenvalue weighted by molar-refractivity contribution is 5.27. The molecule has 0 bridgehead atoms. The molecular weight excluding hydrogens is 546 g/mol. The maximum Gasteiger partial charge on any atom is 0.438 e. The molecule has 0 aromatic rings. The van der Waals surface area contributed by atoms with Gasteiger partial charge in [-0.15, -0.1) is 0 Å². The molecule has 9 heteroatoms. The van der Waals surface area contributed by atoms with E-state index < -0.39 is 29.0 Å². The maximum absolute atomic E-state index is 13.3. The van der Waals surface area contributed by atoms with Gasteiger partial charge in [-0.25, -0.2) is 0 Å². The van der Waals surface area contributed by atoms with Gasteiger partial charge in [0, 0.05) is 6.42 Å². The van der Waals surface area contributed by atoms with Crippen LogP contribution in [0.2, 0.25) is 0 Å². The van der Waals surface area contributed by atoms with Crippen LogP contribution in [0, 0.1) is 34.5 Å². The Morgan fingerprint density at radius 3 is 2.15 bits per heavy atom. The van der Waals surface area contributed by atoms with Crippen molar-refractivity contribution in [3.05, 3.63) is 23.3 Å². The highest BCUT2D eigenvalue weighted by Gasteiger charge is 2.70. The highest BCUT2D eigenvalue weighted by atomic mass is 19.4. The fourth-order valence-electron chi connectivity index (χ4n) is 7.82. The molecule has 0 heterocycles. The van der Waals surface area contributed by atoms with Gasteiger partial charge in [0.2, 0.25) is 0 Å². The van der Waals surface area contributed by atoms with Crippen molar-refractivity contribution >= 4 is 0 Å². The Hall–Kier alpha value is -1.50. The van der Waals surface area contributed by atoms with Crippen LogP contribution in [0.5, 0.6) is 0 Å². The molecule has 3 N–H and O–H groups in total. The van der Waals surface area contributed by atoms with Gasteiger partial charge in [0.1, 0.15) is 0 Å². The van der Waals surface area contributed by atoms with Gasteiger partial charge in [0.25, 0.3) is 0 Å². The smallest absolute Gasteiger partial charge is 0.393 e. The Kier molecular flexibility index (Phi) is 10.2. The molecule has 234 valence electrons. The number of aliphatic hydroxyl groups is 3. The quantitative estimate of drug-likeness (QED) is 0.206. The highest BCUT2D eigenvalue weighted by Crippen LogP contribution is 2.63. The third-order valence-corrected chi connectivity index (χ3v) is 9.99. The third-order valence-electron chi connectivity index (χ3n) is 9.99. The van der Waals surface area contributed by atoms with Crippen molar-refractivity contribution in [1.82, 2.24) is 0 Å². The zero-order valence-electron chi connectivity index (χ0n) is 24.7. The minimum atomic E-state index is -5.98. The predicted octanol–water partition coefficient (Wildman–Crippen LogP) is 8.19. The molecular formula is C32H46F6O3. The number of alkyl halides is 6. The molecule has 3 aliphatic carbocycles. The number of hydrogen-bond acceptors (Lipinski definition) is 3. The van der Waals surface area contributed by atoms with Crippen LogP contribution in [-0.4, -0.2) is 45.0 Å². The minimum absolute atomic E-state index is 0.00572. The second kappa shape index (κ2) is 12.2. The zero-order chi connectivity index (χ0) is 30.9. The topological polar surface area (TPSA) is 60.7 Å². The molecule has 41 heavy (non-hydrogen) atoms. The molecule has 3 nitrogen and oxygen atoms in total. The van der Waals surface area contributed by atoms with Crippen LogP contribution in [0.3, 0.4) is 0 Å². The fraction of sp³-hybridized carbons (Fsp3) is 0.812. The molecule has 0 saturated heterocycles. The standard InChI is InChI=1S/C32H46F6O3/c1-27(2,40)16-7-17-28(3,18-8-20-30(41,31(33,34)35)32(36,37)38)26-15-14-25-23(10-6-19-29(25,26)4)13-12-22-9-5-11-24(39)21-22/h12-13,24-26,39-41H,5-7,9-11,14-19,21H2,1-4H3/b22-12-,23-13+/t24-,25?,26?,28-,29-/m0/s1. The first-order chi connectivity index (χ1) is 18.7. The van der Waals surface area contributed by atoms with Crippen molar-refractivity contribution in [3.8, 4) is 11.8 Å².